The number of methoxy groups -OCH3 is 1. The van der Waals surface area contributed by atoms with Gasteiger partial charge in [-0.2, -0.15) is 0 Å². The molecule has 154 valence electrons. The molecule has 0 unspecified atom stereocenters. The van der Waals surface area contributed by atoms with Gasteiger partial charge in [-0.3, -0.25) is 14.2 Å². The Morgan fingerprint density at radius 2 is 1.87 bits per heavy atom. The summed E-state index contributed by atoms with van der Waals surface area (Å²) in [5.41, 5.74) is 2.54. The number of nitrogens with zero attached hydrogens (tertiary/aromatic N) is 1. The molecule has 0 aliphatic carbocycles. The molecule has 0 radical (unpaired) electrons. The second-order valence-corrected chi connectivity index (χ2v) is 7.54. The molecule has 0 aliphatic heterocycles. The number of ether oxygens (including phenoxy) is 1. The number of benzene rings is 3. The summed E-state index contributed by atoms with van der Waals surface area (Å²) >= 11 is 5.17. The Bertz CT molecular complexity index is 1630. The first-order valence-corrected chi connectivity index (χ1v) is 9.91. The average molecular weight is 431 g/mol. The molecule has 1 amide bonds. The predicted molar refractivity (Wildman–Crippen MR) is 123 cm³/mol. The van der Waals surface area contributed by atoms with Crippen LogP contribution in [0, 0.1) is 4.77 Å². The molecule has 3 aromatic carbocycles. The molecule has 2 N–H and O–H groups in total. The van der Waals surface area contributed by atoms with Gasteiger partial charge in [0.15, 0.2) is 4.77 Å². The summed E-state index contributed by atoms with van der Waals surface area (Å²) in [5, 5.41) is 5.20. The Balaban J connectivity index is 1.56. The van der Waals surface area contributed by atoms with Gasteiger partial charge >= 0.3 is 0 Å². The Morgan fingerprint density at radius 1 is 1.06 bits per heavy atom. The smallest absolute Gasteiger partial charge is 0.261 e. The fourth-order valence-electron chi connectivity index (χ4n) is 3.66. The summed E-state index contributed by atoms with van der Waals surface area (Å²) in [5.74, 6) is 0.164. The minimum atomic E-state index is -0.351. The van der Waals surface area contributed by atoms with Crippen LogP contribution in [0.1, 0.15) is 10.4 Å². The Morgan fingerprint density at radius 3 is 2.68 bits per heavy atom. The first-order valence-electron chi connectivity index (χ1n) is 9.50. The highest BCUT2D eigenvalue weighted by Gasteiger charge is 2.16. The van der Waals surface area contributed by atoms with Crippen molar-refractivity contribution in [2.75, 3.05) is 12.4 Å². The molecular formula is C23H17N3O4S. The number of aromatic amines is 1. The number of hydrogen-bond acceptors (Lipinski definition) is 5. The normalized spacial score (nSPS) is 11.3. The van der Waals surface area contributed by atoms with E-state index in [1.807, 2.05) is 30.3 Å². The lowest BCUT2D eigenvalue weighted by atomic mass is 10.1. The van der Waals surface area contributed by atoms with Crippen LogP contribution in [0.3, 0.4) is 0 Å². The zero-order valence-corrected chi connectivity index (χ0v) is 17.5. The first kappa shape index (κ1) is 19.1. The molecule has 0 fully saturated rings. The number of fused-ring (bicyclic) bond motifs is 4. The van der Waals surface area contributed by atoms with Crippen LogP contribution in [0.5, 0.6) is 5.75 Å². The van der Waals surface area contributed by atoms with Gasteiger partial charge in [0.2, 0.25) is 0 Å². The van der Waals surface area contributed by atoms with Gasteiger partial charge in [0.05, 0.1) is 23.7 Å². The molecule has 0 aliphatic rings. The summed E-state index contributed by atoms with van der Waals surface area (Å²) in [6, 6.07) is 16.1. The van der Waals surface area contributed by atoms with Crippen molar-refractivity contribution in [2.45, 2.75) is 0 Å². The number of carbonyl (C=O) groups excluding carboxylic acids is 1. The van der Waals surface area contributed by atoms with Crippen molar-refractivity contribution in [1.82, 2.24) is 9.55 Å². The third-order valence-electron chi connectivity index (χ3n) is 5.31. The molecule has 8 heteroatoms. The minimum absolute atomic E-state index is 0.220. The number of hydrogen-bond donors (Lipinski definition) is 2. The van der Waals surface area contributed by atoms with Crippen molar-refractivity contribution >= 4 is 56.7 Å². The molecule has 31 heavy (non-hydrogen) atoms. The predicted octanol–water partition coefficient (Wildman–Crippen LogP) is 4.76. The largest absolute Gasteiger partial charge is 0.495 e. The number of rotatable bonds is 3. The first-order chi connectivity index (χ1) is 15.0. The Hall–Kier alpha value is -3.91. The molecule has 0 bridgehead atoms. The SMILES string of the molecule is COc1cc2c(cc1NC(=O)c1ccc3c(=O)n(C)c(=S)[nH]c3c1)oc1ccccc12. The Labute approximate surface area is 180 Å². The van der Waals surface area contributed by atoms with Gasteiger partial charge in [-0.05, 0) is 42.5 Å². The Kier molecular flexibility index (Phi) is 4.37. The number of nitrogens with one attached hydrogen (secondary N) is 2. The van der Waals surface area contributed by atoms with E-state index < -0.39 is 0 Å². The zero-order valence-electron chi connectivity index (χ0n) is 16.7. The van der Waals surface area contributed by atoms with E-state index in [1.165, 1.54) is 4.57 Å². The van der Waals surface area contributed by atoms with Crippen molar-refractivity contribution < 1.29 is 13.9 Å². The quantitative estimate of drug-likeness (QED) is 0.402. The maximum atomic E-state index is 13.0. The van der Waals surface area contributed by atoms with Crippen LogP contribution >= 0.6 is 12.2 Å². The van der Waals surface area contributed by atoms with Crippen LogP contribution in [0.4, 0.5) is 5.69 Å². The number of furan rings is 1. The molecular weight excluding hydrogens is 414 g/mol. The standard InChI is InChI=1S/C23H17N3O4S/c1-26-22(28)14-8-7-12(9-16(14)25-23(26)31)21(27)24-17-11-19-15(10-20(17)29-2)13-5-3-4-6-18(13)30-19/h3-11H,1-2H3,(H,24,27)(H,25,31). The van der Waals surface area contributed by atoms with Crippen molar-refractivity contribution in [2.24, 2.45) is 7.05 Å². The molecule has 7 nitrogen and oxygen atoms in total. The third kappa shape index (κ3) is 3.08. The maximum Gasteiger partial charge on any atom is 0.261 e. The fraction of sp³-hybridized carbons (Fsp3) is 0.0870. The number of aromatic nitrogens is 2. The van der Waals surface area contributed by atoms with Gasteiger partial charge in [0.1, 0.15) is 16.9 Å². The van der Waals surface area contributed by atoms with Gasteiger partial charge in [-0.1, -0.05) is 18.2 Å². The van der Waals surface area contributed by atoms with Crippen LogP contribution < -0.4 is 15.6 Å². The van der Waals surface area contributed by atoms with E-state index in [2.05, 4.69) is 10.3 Å². The van der Waals surface area contributed by atoms with Crippen LogP contribution in [-0.2, 0) is 7.05 Å². The monoisotopic (exact) mass is 431 g/mol. The van der Waals surface area contributed by atoms with E-state index in [9.17, 15) is 9.59 Å². The summed E-state index contributed by atoms with van der Waals surface area (Å²) in [6.07, 6.45) is 0. The second kappa shape index (κ2) is 7.10. The van der Waals surface area contributed by atoms with E-state index in [0.29, 0.717) is 33.5 Å². The molecule has 0 spiro atoms. The molecule has 0 saturated carbocycles. The highest BCUT2D eigenvalue weighted by molar-refractivity contribution is 7.71. The van der Waals surface area contributed by atoms with Crippen LogP contribution in [0.15, 0.2) is 63.8 Å². The molecule has 2 heterocycles. The van der Waals surface area contributed by atoms with E-state index in [-0.39, 0.29) is 16.2 Å². The summed E-state index contributed by atoms with van der Waals surface area (Å²) < 4.78 is 13.1. The van der Waals surface area contributed by atoms with Crippen LogP contribution in [0.25, 0.3) is 32.8 Å². The van der Waals surface area contributed by atoms with Gasteiger partial charge in [0, 0.05) is 29.4 Å². The van der Waals surface area contributed by atoms with E-state index in [0.717, 1.165) is 16.4 Å². The molecule has 2 aromatic heterocycles. The molecule has 5 rings (SSSR count). The van der Waals surface area contributed by atoms with Crippen LogP contribution in [0.2, 0.25) is 0 Å². The highest BCUT2D eigenvalue weighted by atomic mass is 32.1. The lowest BCUT2D eigenvalue weighted by Crippen LogP contribution is -2.19. The second-order valence-electron chi connectivity index (χ2n) is 7.16. The van der Waals surface area contributed by atoms with E-state index >= 15 is 0 Å². The minimum Gasteiger partial charge on any atom is -0.495 e. The molecule has 0 saturated heterocycles. The highest BCUT2D eigenvalue weighted by Crippen LogP contribution is 2.36. The van der Waals surface area contributed by atoms with E-state index in [4.69, 9.17) is 21.4 Å². The number of amides is 1. The third-order valence-corrected chi connectivity index (χ3v) is 5.69. The molecule has 5 aromatic rings. The van der Waals surface area contributed by atoms with Gasteiger partial charge in [0.25, 0.3) is 11.5 Å². The van der Waals surface area contributed by atoms with Gasteiger partial charge < -0.3 is 19.5 Å². The number of anilines is 1. The summed E-state index contributed by atoms with van der Waals surface area (Å²) in [4.78, 5) is 28.3. The van der Waals surface area contributed by atoms with Gasteiger partial charge in [-0.25, -0.2) is 0 Å². The summed E-state index contributed by atoms with van der Waals surface area (Å²) in [6.45, 7) is 0. The van der Waals surface area contributed by atoms with E-state index in [1.54, 1.807) is 38.4 Å². The number of H-pyrrole nitrogens is 1. The lowest BCUT2D eigenvalue weighted by Gasteiger charge is -2.11. The number of carbonyl (C=O) groups is 1. The average Bonchev–Trinajstić information content (AvgIpc) is 3.14. The van der Waals surface area contributed by atoms with Gasteiger partial charge in [-0.15, -0.1) is 0 Å². The topological polar surface area (TPSA) is 89.3 Å². The lowest BCUT2D eigenvalue weighted by molar-refractivity contribution is 0.102. The fourth-order valence-corrected chi connectivity index (χ4v) is 3.85. The van der Waals surface area contributed by atoms with Crippen molar-refractivity contribution in [3.63, 3.8) is 0 Å². The molecule has 0 atom stereocenters. The van der Waals surface area contributed by atoms with Crippen molar-refractivity contribution in [3.05, 3.63) is 75.3 Å². The van der Waals surface area contributed by atoms with Crippen molar-refractivity contribution in [3.8, 4) is 5.75 Å². The summed E-state index contributed by atoms with van der Waals surface area (Å²) in [7, 11) is 3.15. The number of para-hydroxylation sites is 1. The van der Waals surface area contributed by atoms with Crippen molar-refractivity contribution in [1.29, 1.82) is 0 Å². The maximum absolute atomic E-state index is 13.0. The zero-order chi connectivity index (χ0) is 21.7. The van der Waals surface area contributed by atoms with Crippen LogP contribution in [-0.4, -0.2) is 22.6 Å².